The number of alkyl halides is 1. The molecular weight excluding hydrogens is 334 g/mol. The van der Waals surface area contributed by atoms with Crippen LogP contribution in [-0.4, -0.2) is 36.8 Å². The number of benzene rings is 1. The molecule has 0 aliphatic carbocycles. The van der Waals surface area contributed by atoms with Gasteiger partial charge in [0, 0.05) is 24.9 Å². The normalized spacial score (nSPS) is 14.9. The van der Waals surface area contributed by atoms with Gasteiger partial charge >= 0.3 is 0 Å². The standard InChI is InChI=1S/C16H20BrNO3/c1-3-4-13(17)16(20)12-5-6-14-11(9-12)7-8-18(14)15(19)10-21-2/h5-6,9,13H,3-4,7-8,10H2,1-2H3. The van der Waals surface area contributed by atoms with Gasteiger partial charge in [-0.1, -0.05) is 29.3 Å². The van der Waals surface area contributed by atoms with Gasteiger partial charge in [-0.15, -0.1) is 0 Å². The lowest BCUT2D eigenvalue weighted by Gasteiger charge is -2.17. The van der Waals surface area contributed by atoms with Crippen LogP contribution < -0.4 is 4.90 Å². The zero-order chi connectivity index (χ0) is 15.4. The third-order valence-electron chi connectivity index (χ3n) is 3.66. The van der Waals surface area contributed by atoms with Crippen LogP contribution in [0.4, 0.5) is 5.69 Å². The molecule has 0 fully saturated rings. The van der Waals surface area contributed by atoms with E-state index >= 15 is 0 Å². The Morgan fingerprint density at radius 1 is 1.43 bits per heavy atom. The summed E-state index contributed by atoms with van der Waals surface area (Å²) < 4.78 is 4.90. The molecule has 0 spiro atoms. The first-order valence-corrected chi connectivity index (χ1v) is 8.10. The van der Waals surface area contributed by atoms with E-state index in [2.05, 4.69) is 22.9 Å². The number of fused-ring (bicyclic) bond motifs is 1. The van der Waals surface area contributed by atoms with Crippen molar-refractivity contribution in [3.05, 3.63) is 29.3 Å². The number of hydrogen-bond donors (Lipinski definition) is 0. The summed E-state index contributed by atoms with van der Waals surface area (Å²) in [6.45, 7) is 2.80. The van der Waals surface area contributed by atoms with Crippen LogP contribution in [0.25, 0.3) is 0 Å². The van der Waals surface area contributed by atoms with E-state index in [0.717, 1.165) is 30.5 Å². The van der Waals surface area contributed by atoms with E-state index in [1.54, 1.807) is 4.90 Å². The van der Waals surface area contributed by atoms with Gasteiger partial charge in [0.05, 0.1) is 4.83 Å². The number of anilines is 1. The number of nitrogens with zero attached hydrogens (tertiary/aromatic N) is 1. The number of ketones is 1. The number of ether oxygens (including phenoxy) is 1. The Balaban J connectivity index is 2.18. The molecule has 0 N–H and O–H groups in total. The molecule has 1 atom stereocenters. The second kappa shape index (κ2) is 7.18. The predicted molar refractivity (Wildman–Crippen MR) is 86.3 cm³/mol. The molecule has 0 saturated carbocycles. The second-order valence-electron chi connectivity index (χ2n) is 5.19. The van der Waals surface area contributed by atoms with Gasteiger partial charge in [0.2, 0.25) is 0 Å². The molecule has 1 aromatic rings. The van der Waals surface area contributed by atoms with E-state index in [1.807, 2.05) is 18.2 Å². The van der Waals surface area contributed by atoms with Crippen molar-refractivity contribution in [2.45, 2.75) is 31.0 Å². The lowest BCUT2D eigenvalue weighted by atomic mass is 10.0. The van der Waals surface area contributed by atoms with Crippen molar-refractivity contribution in [2.75, 3.05) is 25.2 Å². The molecule has 1 aromatic carbocycles. The molecule has 114 valence electrons. The highest BCUT2D eigenvalue weighted by Gasteiger charge is 2.26. The van der Waals surface area contributed by atoms with Gasteiger partial charge in [-0.05, 0) is 36.6 Å². The van der Waals surface area contributed by atoms with Crippen LogP contribution in [0.2, 0.25) is 0 Å². The Morgan fingerprint density at radius 2 is 2.19 bits per heavy atom. The first kappa shape index (κ1) is 16.2. The van der Waals surface area contributed by atoms with Crippen LogP contribution in [-0.2, 0) is 16.0 Å². The van der Waals surface area contributed by atoms with Crippen molar-refractivity contribution in [3.8, 4) is 0 Å². The molecule has 5 heteroatoms. The summed E-state index contributed by atoms with van der Waals surface area (Å²) in [5.41, 5.74) is 2.67. The van der Waals surface area contributed by atoms with E-state index in [9.17, 15) is 9.59 Å². The summed E-state index contributed by atoms with van der Waals surface area (Å²) >= 11 is 3.45. The maximum absolute atomic E-state index is 12.3. The minimum atomic E-state index is -0.131. The zero-order valence-corrected chi connectivity index (χ0v) is 14.0. The zero-order valence-electron chi connectivity index (χ0n) is 12.4. The fraction of sp³-hybridized carbons (Fsp3) is 0.500. The Bertz CT molecular complexity index is 544. The highest BCUT2D eigenvalue weighted by atomic mass is 79.9. The van der Waals surface area contributed by atoms with Gasteiger partial charge in [0.15, 0.2) is 5.78 Å². The van der Waals surface area contributed by atoms with Crippen LogP contribution >= 0.6 is 15.9 Å². The molecule has 0 aromatic heterocycles. The molecule has 1 aliphatic heterocycles. The Morgan fingerprint density at radius 3 is 2.86 bits per heavy atom. The van der Waals surface area contributed by atoms with Crippen molar-refractivity contribution in [3.63, 3.8) is 0 Å². The van der Waals surface area contributed by atoms with Crippen LogP contribution in [0.5, 0.6) is 0 Å². The van der Waals surface area contributed by atoms with E-state index < -0.39 is 0 Å². The number of halogens is 1. The van der Waals surface area contributed by atoms with Crippen molar-refractivity contribution in [1.82, 2.24) is 0 Å². The fourth-order valence-electron chi connectivity index (χ4n) is 2.58. The van der Waals surface area contributed by atoms with Crippen LogP contribution in [0.3, 0.4) is 0 Å². The Labute approximate surface area is 133 Å². The molecule has 2 rings (SSSR count). The number of hydrogen-bond acceptors (Lipinski definition) is 3. The highest BCUT2D eigenvalue weighted by Crippen LogP contribution is 2.30. The smallest absolute Gasteiger partial charge is 0.252 e. The van der Waals surface area contributed by atoms with E-state index in [-0.39, 0.29) is 23.1 Å². The van der Waals surface area contributed by atoms with Crippen LogP contribution in [0.15, 0.2) is 18.2 Å². The molecule has 4 nitrogen and oxygen atoms in total. The number of rotatable bonds is 6. The quantitative estimate of drug-likeness (QED) is 0.583. The third kappa shape index (κ3) is 3.52. The van der Waals surface area contributed by atoms with Crippen molar-refractivity contribution in [1.29, 1.82) is 0 Å². The lowest BCUT2D eigenvalue weighted by Crippen LogP contribution is -2.31. The first-order valence-electron chi connectivity index (χ1n) is 7.19. The largest absolute Gasteiger partial charge is 0.375 e. The first-order chi connectivity index (χ1) is 10.1. The SMILES string of the molecule is CCCC(Br)C(=O)c1ccc2c(c1)CCN2C(=O)COC. The lowest BCUT2D eigenvalue weighted by molar-refractivity contribution is -0.122. The number of amides is 1. The molecule has 1 aliphatic rings. The minimum absolute atomic E-state index is 0.0420. The maximum Gasteiger partial charge on any atom is 0.252 e. The average molecular weight is 354 g/mol. The van der Waals surface area contributed by atoms with Crippen LogP contribution in [0.1, 0.15) is 35.7 Å². The molecule has 0 radical (unpaired) electrons. The van der Waals surface area contributed by atoms with Gasteiger partial charge in [-0.3, -0.25) is 9.59 Å². The topological polar surface area (TPSA) is 46.6 Å². The number of carbonyl (C=O) groups is 2. The summed E-state index contributed by atoms with van der Waals surface area (Å²) in [5.74, 6) is 0.0704. The summed E-state index contributed by atoms with van der Waals surface area (Å²) in [5, 5.41) is 0. The van der Waals surface area contributed by atoms with Gasteiger partial charge in [-0.2, -0.15) is 0 Å². The molecule has 0 saturated heterocycles. The second-order valence-corrected chi connectivity index (χ2v) is 6.30. The number of methoxy groups -OCH3 is 1. The summed E-state index contributed by atoms with van der Waals surface area (Å²) in [6, 6.07) is 5.60. The van der Waals surface area contributed by atoms with Crippen molar-refractivity contribution in [2.24, 2.45) is 0 Å². The molecule has 0 bridgehead atoms. The summed E-state index contributed by atoms with van der Waals surface area (Å²) in [7, 11) is 1.51. The molecule has 1 heterocycles. The number of Topliss-reactive ketones (excluding diaryl/α,β-unsaturated/α-hetero) is 1. The molecule has 21 heavy (non-hydrogen) atoms. The molecule has 1 unspecified atom stereocenters. The number of carbonyl (C=O) groups excluding carboxylic acids is 2. The van der Waals surface area contributed by atoms with Gasteiger partial charge in [0.25, 0.3) is 5.91 Å². The predicted octanol–water partition coefficient (Wildman–Crippen LogP) is 2.97. The Kier molecular flexibility index (Phi) is 5.53. The van der Waals surface area contributed by atoms with Gasteiger partial charge in [0.1, 0.15) is 6.61 Å². The van der Waals surface area contributed by atoms with Gasteiger partial charge < -0.3 is 9.64 Å². The van der Waals surface area contributed by atoms with Gasteiger partial charge in [-0.25, -0.2) is 0 Å². The molecule has 1 amide bonds. The fourth-order valence-corrected chi connectivity index (χ4v) is 3.30. The maximum atomic E-state index is 12.3. The highest BCUT2D eigenvalue weighted by molar-refractivity contribution is 9.10. The monoisotopic (exact) mass is 353 g/mol. The Hall–Kier alpha value is -1.20. The van der Waals surface area contributed by atoms with E-state index in [4.69, 9.17) is 4.74 Å². The average Bonchev–Trinajstić information content (AvgIpc) is 2.90. The van der Waals surface area contributed by atoms with E-state index in [1.165, 1.54) is 7.11 Å². The minimum Gasteiger partial charge on any atom is -0.375 e. The van der Waals surface area contributed by atoms with Crippen molar-refractivity contribution < 1.29 is 14.3 Å². The molecular formula is C16H20BrNO3. The summed E-state index contributed by atoms with van der Waals surface area (Å²) in [6.07, 6.45) is 2.58. The van der Waals surface area contributed by atoms with Crippen LogP contribution in [0, 0.1) is 0 Å². The van der Waals surface area contributed by atoms with Crippen molar-refractivity contribution >= 4 is 33.3 Å². The summed E-state index contributed by atoms with van der Waals surface area (Å²) in [4.78, 5) is 25.8. The van der Waals surface area contributed by atoms with E-state index in [0.29, 0.717) is 12.1 Å². The third-order valence-corrected chi connectivity index (χ3v) is 4.53.